The van der Waals surface area contributed by atoms with E-state index in [-0.39, 0.29) is 24.7 Å². The number of aromatic nitrogens is 2. The molecule has 0 fully saturated rings. The van der Waals surface area contributed by atoms with Gasteiger partial charge in [-0.3, -0.25) is 14.6 Å². The van der Waals surface area contributed by atoms with Gasteiger partial charge in [-0.1, -0.05) is 0 Å². The quantitative estimate of drug-likeness (QED) is 0.753. The summed E-state index contributed by atoms with van der Waals surface area (Å²) in [5.74, 6) is -1.92. The third kappa shape index (κ3) is 4.83. The topological polar surface area (TPSA) is 112 Å². The molecule has 1 atom stereocenters. The van der Waals surface area contributed by atoms with Crippen LogP contribution in [0.25, 0.3) is 0 Å². The molecule has 0 radical (unpaired) electrons. The van der Waals surface area contributed by atoms with Crippen molar-refractivity contribution in [2.45, 2.75) is 26.8 Å². The lowest BCUT2D eigenvalue weighted by Crippen LogP contribution is -2.47. The van der Waals surface area contributed by atoms with Gasteiger partial charge in [0.1, 0.15) is 11.7 Å². The molecule has 114 valence electrons. The summed E-state index contributed by atoms with van der Waals surface area (Å²) in [6.07, 6.45) is 2.74. The molecular weight excluding hydrogens is 276 g/mol. The van der Waals surface area contributed by atoms with Gasteiger partial charge >= 0.3 is 5.97 Å². The lowest BCUT2D eigenvalue weighted by molar-refractivity contribution is -0.141. The van der Waals surface area contributed by atoms with E-state index in [4.69, 9.17) is 5.11 Å². The first kappa shape index (κ1) is 16.5. The highest BCUT2D eigenvalue weighted by molar-refractivity contribution is 5.94. The van der Waals surface area contributed by atoms with Gasteiger partial charge in [0, 0.05) is 26.2 Å². The second kappa shape index (κ2) is 7.32. The Morgan fingerprint density at radius 3 is 2.48 bits per heavy atom. The number of rotatable bonds is 6. The summed E-state index contributed by atoms with van der Waals surface area (Å²) < 4.78 is 0. The Kier molecular flexibility index (Phi) is 5.77. The molecule has 0 saturated carbocycles. The molecule has 1 aromatic heterocycles. The molecule has 8 nitrogen and oxygen atoms in total. The van der Waals surface area contributed by atoms with Crippen LogP contribution in [0.1, 0.15) is 30.0 Å². The van der Waals surface area contributed by atoms with Crippen LogP contribution in [0, 0.1) is 6.92 Å². The van der Waals surface area contributed by atoms with Crippen molar-refractivity contribution in [3.05, 3.63) is 23.8 Å². The highest BCUT2D eigenvalue weighted by Crippen LogP contribution is 2.06. The van der Waals surface area contributed by atoms with E-state index < -0.39 is 17.9 Å². The number of nitrogens with one attached hydrogen (secondary N) is 1. The van der Waals surface area contributed by atoms with Gasteiger partial charge in [0.05, 0.1) is 11.9 Å². The van der Waals surface area contributed by atoms with Crippen LogP contribution in [0.2, 0.25) is 0 Å². The SMILES string of the molecule is CC(=O)NCCN(C(=O)c1cnc(C)cn1)C(C)C(=O)O. The van der Waals surface area contributed by atoms with E-state index in [1.54, 1.807) is 6.92 Å². The maximum atomic E-state index is 12.3. The molecule has 0 saturated heterocycles. The number of hydrogen-bond donors (Lipinski definition) is 2. The Labute approximate surface area is 122 Å². The lowest BCUT2D eigenvalue weighted by Gasteiger charge is -2.26. The highest BCUT2D eigenvalue weighted by Gasteiger charge is 2.27. The van der Waals surface area contributed by atoms with Crippen LogP contribution >= 0.6 is 0 Å². The predicted molar refractivity (Wildman–Crippen MR) is 73.6 cm³/mol. The highest BCUT2D eigenvalue weighted by atomic mass is 16.4. The van der Waals surface area contributed by atoms with Gasteiger partial charge < -0.3 is 15.3 Å². The Balaban J connectivity index is 2.88. The summed E-state index contributed by atoms with van der Waals surface area (Å²) in [4.78, 5) is 43.3. The minimum absolute atomic E-state index is 0.0662. The summed E-state index contributed by atoms with van der Waals surface area (Å²) >= 11 is 0. The molecule has 21 heavy (non-hydrogen) atoms. The van der Waals surface area contributed by atoms with Crippen molar-refractivity contribution in [3.8, 4) is 0 Å². The van der Waals surface area contributed by atoms with Crippen molar-refractivity contribution in [2.24, 2.45) is 0 Å². The summed E-state index contributed by atoms with van der Waals surface area (Å²) in [7, 11) is 0. The van der Waals surface area contributed by atoms with Crippen molar-refractivity contribution >= 4 is 17.8 Å². The Morgan fingerprint density at radius 2 is 2.00 bits per heavy atom. The number of carboxylic acids is 1. The third-order valence-corrected chi connectivity index (χ3v) is 2.81. The molecule has 0 aliphatic heterocycles. The summed E-state index contributed by atoms with van der Waals surface area (Å²) in [5, 5.41) is 11.6. The average molecular weight is 294 g/mol. The summed E-state index contributed by atoms with van der Waals surface area (Å²) in [5.41, 5.74) is 0.721. The van der Waals surface area contributed by atoms with Gasteiger partial charge in [0.2, 0.25) is 5.91 Å². The number of carbonyl (C=O) groups is 3. The van der Waals surface area contributed by atoms with Gasteiger partial charge in [-0.15, -0.1) is 0 Å². The Bertz CT molecular complexity index is 529. The predicted octanol–water partition coefficient (Wildman–Crippen LogP) is -0.164. The molecule has 2 amide bonds. The Morgan fingerprint density at radius 1 is 1.33 bits per heavy atom. The summed E-state index contributed by atoms with van der Waals surface area (Å²) in [6.45, 7) is 4.71. The van der Waals surface area contributed by atoms with Gasteiger partial charge in [0.25, 0.3) is 5.91 Å². The van der Waals surface area contributed by atoms with Crippen LogP contribution < -0.4 is 5.32 Å². The monoisotopic (exact) mass is 294 g/mol. The first-order chi connectivity index (χ1) is 9.82. The van der Waals surface area contributed by atoms with Crippen molar-refractivity contribution in [2.75, 3.05) is 13.1 Å². The zero-order chi connectivity index (χ0) is 16.0. The van der Waals surface area contributed by atoms with Crippen molar-refractivity contribution in [1.82, 2.24) is 20.2 Å². The van der Waals surface area contributed by atoms with E-state index in [9.17, 15) is 14.4 Å². The number of hydrogen-bond acceptors (Lipinski definition) is 5. The molecule has 8 heteroatoms. The van der Waals surface area contributed by atoms with E-state index in [0.29, 0.717) is 5.69 Å². The van der Waals surface area contributed by atoms with Crippen LogP contribution in [0.4, 0.5) is 0 Å². The van der Waals surface area contributed by atoms with Crippen LogP contribution in [-0.4, -0.2) is 56.9 Å². The number of carboxylic acid groups (broad SMARTS) is 1. The molecule has 1 unspecified atom stereocenters. The fourth-order valence-corrected chi connectivity index (χ4v) is 1.61. The minimum atomic E-state index is -1.13. The maximum Gasteiger partial charge on any atom is 0.326 e. The zero-order valence-electron chi connectivity index (χ0n) is 12.2. The molecule has 0 aromatic carbocycles. The van der Waals surface area contributed by atoms with Gasteiger partial charge in [0.15, 0.2) is 0 Å². The van der Waals surface area contributed by atoms with E-state index in [1.807, 2.05) is 0 Å². The van der Waals surface area contributed by atoms with Crippen LogP contribution in [-0.2, 0) is 9.59 Å². The molecule has 1 aromatic rings. The van der Waals surface area contributed by atoms with Gasteiger partial charge in [-0.2, -0.15) is 0 Å². The first-order valence-electron chi connectivity index (χ1n) is 6.39. The van der Waals surface area contributed by atoms with E-state index in [2.05, 4.69) is 15.3 Å². The van der Waals surface area contributed by atoms with E-state index >= 15 is 0 Å². The fraction of sp³-hybridized carbons (Fsp3) is 0.462. The van der Waals surface area contributed by atoms with Crippen molar-refractivity contribution in [1.29, 1.82) is 0 Å². The molecule has 0 aliphatic carbocycles. The fourth-order valence-electron chi connectivity index (χ4n) is 1.61. The van der Waals surface area contributed by atoms with E-state index in [1.165, 1.54) is 26.2 Å². The standard InChI is InChI=1S/C13H18N4O4/c1-8-6-16-11(7-15-8)12(19)17(9(2)13(20)21)5-4-14-10(3)18/h6-7,9H,4-5H2,1-3H3,(H,14,18)(H,20,21). The van der Waals surface area contributed by atoms with E-state index in [0.717, 1.165) is 4.90 Å². The van der Waals surface area contributed by atoms with Gasteiger partial charge in [-0.05, 0) is 13.8 Å². The molecule has 1 rings (SSSR count). The average Bonchev–Trinajstić information content (AvgIpc) is 2.42. The smallest absolute Gasteiger partial charge is 0.326 e. The largest absolute Gasteiger partial charge is 0.480 e. The molecular formula is C13H18N4O4. The van der Waals surface area contributed by atoms with Crippen LogP contribution in [0.5, 0.6) is 0 Å². The molecule has 0 bridgehead atoms. The normalized spacial score (nSPS) is 11.6. The second-order valence-corrected chi connectivity index (χ2v) is 4.54. The maximum absolute atomic E-state index is 12.3. The molecule has 0 spiro atoms. The number of aliphatic carboxylic acids is 1. The van der Waals surface area contributed by atoms with Gasteiger partial charge in [-0.25, -0.2) is 9.78 Å². The zero-order valence-corrected chi connectivity index (χ0v) is 12.2. The number of carbonyl (C=O) groups excluding carboxylic acids is 2. The number of nitrogens with zero attached hydrogens (tertiary/aromatic N) is 3. The first-order valence-corrected chi connectivity index (χ1v) is 6.39. The van der Waals surface area contributed by atoms with Crippen LogP contribution in [0.15, 0.2) is 12.4 Å². The minimum Gasteiger partial charge on any atom is -0.480 e. The van der Waals surface area contributed by atoms with Crippen LogP contribution in [0.3, 0.4) is 0 Å². The molecule has 2 N–H and O–H groups in total. The van der Waals surface area contributed by atoms with Crippen molar-refractivity contribution in [3.63, 3.8) is 0 Å². The summed E-state index contributed by atoms with van der Waals surface area (Å²) in [6, 6.07) is -1.03. The Hall–Kier alpha value is -2.51. The lowest BCUT2D eigenvalue weighted by atomic mass is 10.2. The second-order valence-electron chi connectivity index (χ2n) is 4.54. The molecule has 1 heterocycles. The number of aryl methyl sites for hydroxylation is 1. The number of amides is 2. The third-order valence-electron chi connectivity index (χ3n) is 2.81. The molecule has 0 aliphatic rings. The van der Waals surface area contributed by atoms with Crippen molar-refractivity contribution < 1.29 is 19.5 Å².